The molecule has 1 saturated heterocycles. The molecule has 5 heteroatoms. The van der Waals surface area contributed by atoms with E-state index in [0.717, 1.165) is 12.2 Å². The van der Waals surface area contributed by atoms with Gasteiger partial charge in [0.1, 0.15) is 0 Å². The smallest absolute Gasteiger partial charge is 0.260 e. The average Bonchev–Trinajstić information content (AvgIpc) is 2.54. The second kappa shape index (κ2) is 3.21. The van der Waals surface area contributed by atoms with Gasteiger partial charge in [-0.05, 0) is 30.7 Å². The van der Waals surface area contributed by atoms with E-state index in [1.54, 1.807) is 0 Å². The molecule has 1 aliphatic heterocycles. The van der Waals surface area contributed by atoms with E-state index in [9.17, 15) is 0 Å². The molecule has 2 rings (SSSR count). The van der Waals surface area contributed by atoms with Crippen molar-refractivity contribution >= 4 is 17.7 Å². The molecule has 1 atom stereocenters. The van der Waals surface area contributed by atoms with Crippen LogP contribution in [0, 0.1) is 0 Å². The number of nitrogen functional groups attached to an aromatic ring is 1. The molecule has 2 heterocycles. The number of hydrogen-bond acceptors (Lipinski definition) is 5. The zero-order valence-corrected chi connectivity index (χ0v) is 8.43. The Morgan fingerprint density at radius 1 is 1.62 bits per heavy atom. The molecule has 1 aromatic heterocycles. The first-order valence-electron chi connectivity index (χ1n) is 4.38. The second-order valence-electron chi connectivity index (χ2n) is 3.67. The van der Waals surface area contributed by atoms with Gasteiger partial charge >= 0.3 is 0 Å². The van der Waals surface area contributed by atoms with Crippen LogP contribution >= 0.6 is 11.8 Å². The number of aromatic nitrogens is 2. The Kier molecular flexibility index (Phi) is 2.19. The lowest BCUT2D eigenvalue weighted by Gasteiger charge is -2.28. The van der Waals surface area contributed by atoms with Gasteiger partial charge in [0.2, 0.25) is 5.89 Å². The molecule has 1 fully saturated rings. The Morgan fingerprint density at radius 2 is 2.46 bits per heavy atom. The van der Waals surface area contributed by atoms with E-state index in [1.807, 2.05) is 11.8 Å². The van der Waals surface area contributed by atoms with Crippen molar-refractivity contribution in [3.63, 3.8) is 0 Å². The summed E-state index contributed by atoms with van der Waals surface area (Å²) in [6.07, 6.45) is 2.32. The standard InChI is InChI=1S/C8H13N3OS/c1-8(3-2-4-13-5-8)6-10-7(9)11-12-6/h2-5H2,1H3,(H2,9,11). The van der Waals surface area contributed by atoms with Gasteiger partial charge in [-0.25, -0.2) is 0 Å². The lowest BCUT2D eigenvalue weighted by molar-refractivity contribution is 0.295. The van der Waals surface area contributed by atoms with Crippen molar-refractivity contribution in [2.24, 2.45) is 0 Å². The summed E-state index contributed by atoms with van der Waals surface area (Å²) in [4.78, 5) is 4.09. The van der Waals surface area contributed by atoms with Crippen molar-refractivity contribution in [3.8, 4) is 0 Å². The van der Waals surface area contributed by atoms with Gasteiger partial charge in [0, 0.05) is 5.75 Å². The molecule has 1 aliphatic rings. The molecule has 0 spiro atoms. The van der Waals surface area contributed by atoms with Crippen LogP contribution in [0.2, 0.25) is 0 Å². The first-order chi connectivity index (χ1) is 6.21. The van der Waals surface area contributed by atoms with Crippen LogP contribution in [0.3, 0.4) is 0 Å². The Labute approximate surface area is 81.3 Å². The molecule has 13 heavy (non-hydrogen) atoms. The molecule has 0 radical (unpaired) electrons. The minimum atomic E-state index is 0.0353. The fraction of sp³-hybridized carbons (Fsp3) is 0.750. The third-order valence-corrected chi connectivity index (χ3v) is 3.81. The molecule has 4 nitrogen and oxygen atoms in total. The molecule has 2 N–H and O–H groups in total. The van der Waals surface area contributed by atoms with Gasteiger partial charge in [0.25, 0.3) is 5.95 Å². The van der Waals surface area contributed by atoms with Crippen molar-refractivity contribution in [2.75, 3.05) is 17.2 Å². The second-order valence-corrected chi connectivity index (χ2v) is 4.78. The van der Waals surface area contributed by atoms with E-state index in [1.165, 1.54) is 12.2 Å². The number of nitrogens with zero attached hydrogens (tertiary/aromatic N) is 2. The number of hydrogen-bond donors (Lipinski definition) is 1. The van der Waals surface area contributed by atoms with Crippen LogP contribution in [0.1, 0.15) is 25.7 Å². The molecule has 1 aromatic rings. The fourth-order valence-electron chi connectivity index (χ4n) is 1.58. The van der Waals surface area contributed by atoms with Crippen molar-refractivity contribution in [2.45, 2.75) is 25.2 Å². The van der Waals surface area contributed by atoms with Gasteiger partial charge < -0.3 is 10.3 Å². The Bertz CT molecular complexity index is 293. The number of thioether (sulfide) groups is 1. The van der Waals surface area contributed by atoms with Gasteiger partial charge in [-0.3, -0.25) is 0 Å². The van der Waals surface area contributed by atoms with Gasteiger partial charge in [0.15, 0.2) is 0 Å². The quantitative estimate of drug-likeness (QED) is 0.741. The molecule has 0 amide bonds. The van der Waals surface area contributed by atoms with E-state index < -0.39 is 0 Å². The lowest BCUT2D eigenvalue weighted by atomic mass is 9.87. The van der Waals surface area contributed by atoms with Crippen molar-refractivity contribution in [3.05, 3.63) is 5.89 Å². The molecule has 0 saturated carbocycles. The maximum atomic E-state index is 5.42. The molecular weight excluding hydrogens is 186 g/mol. The maximum absolute atomic E-state index is 5.42. The first-order valence-corrected chi connectivity index (χ1v) is 5.54. The summed E-state index contributed by atoms with van der Waals surface area (Å²) in [5.74, 6) is 3.22. The summed E-state index contributed by atoms with van der Waals surface area (Å²) in [5.41, 5.74) is 5.46. The number of nitrogens with two attached hydrogens (primary N) is 1. The average molecular weight is 199 g/mol. The van der Waals surface area contributed by atoms with Gasteiger partial charge in [-0.15, -0.1) is 0 Å². The van der Waals surface area contributed by atoms with Gasteiger partial charge in [0.05, 0.1) is 5.41 Å². The van der Waals surface area contributed by atoms with Crippen molar-refractivity contribution < 1.29 is 4.52 Å². The number of rotatable bonds is 1. The highest BCUT2D eigenvalue weighted by Gasteiger charge is 2.34. The van der Waals surface area contributed by atoms with E-state index in [-0.39, 0.29) is 11.4 Å². The van der Waals surface area contributed by atoms with Crippen LogP contribution in [0.4, 0.5) is 5.95 Å². The Morgan fingerprint density at radius 3 is 3.00 bits per heavy atom. The van der Waals surface area contributed by atoms with Crippen LogP contribution < -0.4 is 5.73 Å². The molecular formula is C8H13N3OS. The lowest BCUT2D eigenvalue weighted by Crippen LogP contribution is -2.29. The van der Waals surface area contributed by atoms with Gasteiger partial charge in [-0.2, -0.15) is 16.7 Å². The van der Waals surface area contributed by atoms with Crippen LogP contribution in [0.5, 0.6) is 0 Å². The predicted molar refractivity (Wildman–Crippen MR) is 52.6 cm³/mol. The fourth-order valence-corrected chi connectivity index (χ4v) is 2.79. The summed E-state index contributed by atoms with van der Waals surface area (Å²) < 4.78 is 5.11. The van der Waals surface area contributed by atoms with E-state index in [2.05, 4.69) is 17.1 Å². The molecule has 0 bridgehead atoms. The van der Waals surface area contributed by atoms with Crippen LogP contribution in [0.15, 0.2) is 4.52 Å². The van der Waals surface area contributed by atoms with Crippen LogP contribution in [-0.4, -0.2) is 21.6 Å². The minimum Gasteiger partial charge on any atom is -0.365 e. The minimum absolute atomic E-state index is 0.0353. The number of anilines is 1. The SMILES string of the molecule is CC1(c2nc(N)no2)CCCSC1. The normalized spacial score (nSPS) is 29.0. The van der Waals surface area contributed by atoms with Crippen molar-refractivity contribution in [1.29, 1.82) is 0 Å². The molecule has 0 aromatic carbocycles. The highest BCUT2D eigenvalue weighted by atomic mass is 32.2. The van der Waals surface area contributed by atoms with Crippen LogP contribution in [-0.2, 0) is 5.41 Å². The molecule has 72 valence electrons. The third kappa shape index (κ3) is 1.65. The monoisotopic (exact) mass is 199 g/mol. The Hall–Kier alpha value is -0.710. The summed E-state index contributed by atoms with van der Waals surface area (Å²) in [6, 6.07) is 0. The summed E-state index contributed by atoms with van der Waals surface area (Å²) in [7, 11) is 0. The largest absolute Gasteiger partial charge is 0.365 e. The summed E-state index contributed by atoms with van der Waals surface area (Å²) in [6.45, 7) is 2.16. The maximum Gasteiger partial charge on any atom is 0.260 e. The first kappa shape index (κ1) is 8.87. The highest BCUT2D eigenvalue weighted by molar-refractivity contribution is 7.99. The van der Waals surface area contributed by atoms with E-state index in [0.29, 0.717) is 5.89 Å². The summed E-state index contributed by atoms with van der Waals surface area (Å²) >= 11 is 1.94. The zero-order chi connectivity index (χ0) is 9.31. The molecule has 1 unspecified atom stereocenters. The van der Waals surface area contributed by atoms with Crippen LogP contribution in [0.25, 0.3) is 0 Å². The van der Waals surface area contributed by atoms with Gasteiger partial charge in [-0.1, -0.05) is 0 Å². The van der Waals surface area contributed by atoms with E-state index >= 15 is 0 Å². The summed E-state index contributed by atoms with van der Waals surface area (Å²) in [5, 5.41) is 3.62. The Balaban J connectivity index is 2.22. The topological polar surface area (TPSA) is 64.9 Å². The van der Waals surface area contributed by atoms with Crippen molar-refractivity contribution in [1.82, 2.24) is 10.1 Å². The third-order valence-electron chi connectivity index (χ3n) is 2.40. The zero-order valence-electron chi connectivity index (χ0n) is 7.62. The predicted octanol–water partition coefficient (Wildman–Crippen LogP) is 1.44. The molecule has 0 aliphatic carbocycles. The highest BCUT2D eigenvalue weighted by Crippen LogP contribution is 2.36. The van der Waals surface area contributed by atoms with E-state index in [4.69, 9.17) is 10.3 Å².